The van der Waals surface area contributed by atoms with Gasteiger partial charge in [0.1, 0.15) is 0 Å². The zero-order chi connectivity index (χ0) is 24.6. The number of hydrogen-bond donors (Lipinski definition) is 1. The van der Waals surface area contributed by atoms with E-state index in [1.54, 1.807) is 6.08 Å². The molecule has 0 aromatic heterocycles. The Labute approximate surface area is 190 Å². The summed E-state index contributed by atoms with van der Waals surface area (Å²) < 4.78 is 45.2. The fourth-order valence-electron chi connectivity index (χ4n) is 2.96. The SMILES string of the molecule is C=C(CC(C)/C=C(\C)C(C)C/C=C\COC(F)(F)F)OCCC(/C=C\C=C/C)CC(=O)O. The first-order valence-corrected chi connectivity index (χ1v) is 10.8. The van der Waals surface area contributed by atoms with Crippen molar-refractivity contribution >= 4 is 5.97 Å². The van der Waals surface area contributed by atoms with Crippen LogP contribution in [-0.4, -0.2) is 30.7 Å². The minimum atomic E-state index is -4.61. The van der Waals surface area contributed by atoms with Crippen molar-refractivity contribution in [3.63, 3.8) is 0 Å². The highest BCUT2D eigenvalue weighted by Crippen LogP contribution is 2.21. The number of alkyl halides is 3. The molecule has 0 radical (unpaired) electrons. The second-order valence-corrected chi connectivity index (χ2v) is 7.90. The van der Waals surface area contributed by atoms with E-state index in [1.165, 1.54) is 6.08 Å². The van der Waals surface area contributed by atoms with E-state index in [2.05, 4.69) is 17.4 Å². The maximum absolute atomic E-state index is 11.9. The number of ether oxygens (including phenoxy) is 2. The molecule has 0 saturated carbocycles. The minimum Gasteiger partial charge on any atom is -0.499 e. The summed E-state index contributed by atoms with van der Waals surface area (Å²) >= 11 is 0. The molecule has 182 valence electrons. The van der Waals surface area contributed by atoms with Crippen molar-refractivity contribution in [1.29, 1.82) is 0 Å². The molecule has 3 atom stereocenters. The molecular formula is C25H37F3O4. The van der Waals surface area contributed by atoms with Gasteiger partial charge in [0.2, 0.25) is 0 Å². The van der Waals surface area contributed by atoms with Crippen LogP contribution in [0.5, 0.6) is 0 Å². The maximum atomic E-state index is 11.9. The molecule has 0 spiro atoms. The molecule has 0 aliphatic heterocycles. The van der Waals surface area contributed by atoms with E-state index in [0.717, 1.165) is 5.57 Å². The highest BCUT2D eigenvalue weighted by atomic mass is 19.4. The third kappa shape index (κ3) is 17.4. The van der Waals surface area contributed by atoms with Gasteiger partial charge in [-0.3, -0.25) is 9.53 Å². The Bertz CT molecular complexity index is 675. The lowest BCUT2D eigenvalue weighted by atomic mass is 9.94. The zero-order valence-corrected chi connectivity index (χ0v) is 19.5. The number of carboxylic acids is 1. The van der Waals surface area contributed by atoms with E-state index in [0.29, 0.717) is 31.6 Å². The quantitative estimate of drug-likeness (QED) is 0.151. The Balaban J connectivity index is 4.42. The number of rotatable bonds is 16. The van der Waals surface area contributed by atoms with Gasteiger partial charge in [0.25, 0.3) is 0 Å². The molecule has 0 aromatic carbocycles. The summed E-state index contributed by atoms with van der Waals surface area (Å²) in [6, 6.07) is 0. The van der Waals surface area contributed by atoms with Crippen LogP contribution >= 0.6 is 0 Å². The van der Waals surface area contributed by atoms with Crippen molar-refractivity contribution in [2.24, 2.45) is 17.8 Å². The standard InChI is InChI=1S/C25H37F3O4/c1-6-7-8-12-23(18-24(29)30)13-15-31-22(5)17-19(2)16-21(4)20(3)11-9-10-14-32-25(26,27)28/h6-10,12,16,19-20,23H,5,11,13-15,17-18H2,1-4H3,(H,29,30)/b7-6-,10-9-,12-8-,21-16+. The van der Waals surface area contributed by atoms with Gasteiger partial charge in [0.15, 0.2) is 0 Å². The van der Waals surface area contributed by atoms with Crippen LogP contribution in [0.3, 0.4) is 0 Å². The second kappa shape index (κ2) is 16.4. The van der Waals surface area contributed by atoms with E-state index < -0.39 is 18.9 Å². The molecule has 32 heavy (non-hydrogen) atoms. The molecule has 0 fully saturated rings. The summed E-state index contributed by atoms with van der Waals surface area (Å²) in [6.07, 6.45) is 9.94. The zero-order valence-electron chi connectivity index (χ0n) is 19.5. The van der Waals surface area contributed by atoms with Crippen LogP contribution in [-0.2, 0) is 14.3 Å². The van der Waals surface area contributed by atoms with Crippen molar-refractivity contribution < 1.29 is 32.5 Å². The van der Waals surface area contributed by atoms with Crippen molar-refractivity contribution in [3.8, 4) is 0 Å². The third-order valence-corrected chi connectivity index (χ3v) is 4.79. The first kappa shape index (κ1) is 29.7. The van der Waals surface area contributed by atoms with Gasteiger partial charge >= 0.3 is 12.3 Å². The highest BCUT2D eigenvalue weighted by molar-refractivity contribution is 5.67. The maximum Gasteiger partial charge on any atom is 0.522 e. The normalized spacial score (nSPS) is 16.0. The average Bonchev–Trinajstić information content (AvgIpc) is 2.66. The number of allylic oxidation sites excluding steroid dienone is 8. The summed E-state index contributed by atoms with van der Waals surface area (Å²) in [5, 5.41) is 9.04. The van der Waals surface area contributed by atoms with Gasteiger partial charge in [0, 0.05) is 6.42 Å². The summed E-state index contributed by atoms with van der Waals surface area (Å²) in [7, 11) is 0. The molecular weight excluding hydrogens is 421 g/mol. The largest absolute Gasteiger partial charge is 0.522 e. The molecule has 1 N–H and O–H groups in total. The summed E-state index contributed by atoms with van der Waals surface area (Å²) in [6.45, 7) is 11.8. The number of halogens is 3. The Morgan fingerprint density at radius 2 is 1.84 bits per heavy atom. The van der Waals surface area contributed by atoms with Gasteiger partial charge in [-0.25, -0.2) is 0 Å². The van der Waals surface area contributed by atoms with Crippen molar-refractivity contribution in [2.45, 2.75) is 59.7 Å². The topological polar surface area (TPSA) is 55.8 Å². The lowest BCUT2D eigenvalue weighted by Gasteiger charge is -2.16. The van der Waals surface area contributed by atoms with Crippen molar-refractivity contribution in [3.05, 3.63) is 60.4 Å². The molecule has 0 rings (SSSR count). The Kier molecular flexibility index (Phi) is 15.2. The number of hydrogen-bond acceptors (Lipinski definition) is 3. The lowest BCUT2D eigenvalue weighted by Crippen LogP contribution is -2.12. The van der Waals surface area contributed by atoms with Gasteiger partial charge in [-0.15, -0.1) is 13.2 Å². The van der Waals surface area contributed by atoms with Crippen LogP contribution in [0, 0.1) is 17.8 Å². The minimum absolute atomic E-state index is 0.0525. The van der Waals surface area contributed by atoms with Crippen molar-refractivity contribution in [2.75, 3.05) is 13.2 Å². The first-order valence-electron chi connectivity index (χ1n) is 10.8. The molecule has 0 amide bonds. The average molecular weight is 459 g/mol. The summed E-state index contributed by atoms with van der Waals surface area (Å²) in [4.78, 5) is 11.0. The molecule has 0 saturated heterocycles. The van der Waals surface area contributed by atoms with Gasteiger partial charge in [0.05, 0.1) is 25.4 Å². The third-order valence-electron chi connectivity index (χ3n) is 4.79. The van der Waals surface area contributed by atoms with Crippen LogP contribution < -0.4 is 0 Å². The molecule has 3 unspecified atom stereocenters. The van der Waals surface area contributed by atoms with Crippen LogP contribution in [0.4, 0.5) is 13.2 Å². The molecule has 4 nitrogen and oxygen atoms in total. The smallest absolute Gasteiger partial charge is 0.499 e. The van der Waals surface area contributed by atoms with Gasteiger partial charge in [-0.05, 0) is 44.4 Å². The molecule has 0 aromatic rings. The second-order valence-electron chi connectivity index (χ2n) is 7.90. The molecule has 0 heterocycles. The number of carboxylic acid groups (broad SMARTS) is 1. The number of carbonyl (C=O) groups is 1. The first-order chi connectivity index (χ1) is 14.9. The van der Waals surface area contributed by atoms with Crippen molar-refractivity contribution in [1.82, 2.24) is 0 Å². The van der Waals surface area contributed by atoms with Crippen LogP contribution in [0.25, 0.3) is 0 Å². The fraction of sp³-hybridized carbons (Fsp3) is 0.560. The van der Waals surface area contributed by atoms with Gasteiger partial charge < -0.3 is 9.84 Å². The van der Waals surface area contributed by atoms with E-state index in [1.807, 2.05) is 52.0 Å². The van der Waals surface area contributed by atoms with Gasteiger partial charge in [-0.1, -0.05) is 68.5 Å². The lowest BCUT2D eigenvalue weighted by molar-refractivity contribution is -0.319. The predicted molar refractivity (Wildman–Crippen MR) is 122 cm³/mol. The molecule has 0 aliphatic rings. The summed E-state index contributed by atoms with van der Waals surface area (Å²) in [5.41, 5.74) is 1.14. The van der Waals surface area contributed by atoms with E-state index in [4.69, 9.17) is 9.84 Å². The Morgan fingerprint density at radius 1 is 1.16 bits per heavy atom. The van der Waals surface area contributed by atoms with Crippen LogP contribution in [0.15, 0.2) is 60.4 Å². The number of aliphatic carboxylic acids is 1. The van der Waals surface area contributed by atoms with E-state index in [9.17, 15) is 18.0 Å². The monoisotopic (exact) mass is 458 g/mol. The fourth-order valence-corrected chi connectivity index (χ4v) is 2.96. The van der Waals surface area contributed by atoms with Gasteiger partial charge in [-0.2, -0.15) is 0 Å². The Hall–Kier alpha value is -2.28. The Morgan fingerprint density at radius 3 is 2.44 bits per heavy atom. The van der Waals surface area contributed by atoms with E-state index >= 15 is 0 Å². The molecule has 0 bridgehead atoms. The molecule has 7 heteroatoms. The predicted octanol–water partition coefficient (Wildman–Crippen LogP) is 7.22. The van der Waals surface area contributed by atoms with Crippen LogP contribution in [0.1, 0.15) is 53.4 Å². The van der Waals surface area contributed by atoms with Crippen LogP contribution in [0.2, 0.25) is 0 Å². The highest BCUT2D eigenvalue weighted by Gasteiger charge is 2.28. The van der Waals surface area contributed by atoms with E-state index in [-0.39, 0.29) is 24.2 Å². The molecule has 0 aliphatic carbocycles. The summed E-state index contributed by atoms with van der Waals surface area (Å²) in [5.74, 6) is 0.0721.